The molecule has 0 aromatic carbocycles. The first-order chi connectivity index (χ1) is 5.50. The van der Waals surface area contributed by atoms with Gasteiger partial charge in [0.1, 0.15) is 0 Å². The molecule has 0 unspecified atom stereocenters. The van der Waals surface area contributed by atoms with Gasteiger partial charge in [0.05, 0.1) is 0 Å². The number of rotatable bonds is 0. The van der Waals surface area contributed by atoms with E-state index >= 15 is 0 Å². The topological polar surface area (TPSA) is 0 Å². The Morgan fingerprint density at radius 1 is 0.818 bits per heavy atom. The number of allylic oxidation sites excluding steroid dienone is 6. The quantitative estimate of drug-likeness (QED) is 0.457. The molecule has 0 amide bonds. The minimum absolute atomic E-state index is 1.10. The average molecular weight is 143 g/mol. The minimum atomic E-state index is 1.10. The number of hydrogen-bond acceptors (Lipinski definition) is 0. The molecule has 55 valence electrons. The molecule has 0 aromatic heterocycles. The fourth-order valence-corrected chi connectivity index (χ4v) is 0.780. The molecule has 0 fully saturated rings. The van der Waals surface area contributed by atoms with Crippen LogP contribution < -0.4 is 0 Å². The van der Waals surface area contributed by atoms with Crippen molar-refractivity contribution in [2.24, 2.45) is 0 Å². The van der Waals surface area contributed by atoms with Crippen LogP contribution in [0.1, 0.15) is 12.8 Å². The molecule has 0 heterocycles. The summed E-state index contributed by atoms with van der Waals surface area (Å²) in [5, 5.41) is 0. The highest BCUT2D eigenvalue weighted by molar-refractivity contribution is 5.11. The Kier molecular flexibility index (Phi) is 3.98. The normalized spacial score (nSPS) is 22.5. The molecule has 1 aliphatic rings. The third kappa shape index (κ3) is 4.22. The SMILES string of the molecule is C1=C=C/C=C\CC/C=C\[CH]C=1. The molecule has 0 heteroatoms. The molecule has 0 spiro atoms. The molecule has 1 aliphatic carbocycles. The van der Waals surface area contributed by atoms with Crippen LogP contribution in [0.15, 0.2) is 47.9 Å². The van der Waals surface area contributed by atoms with Gasteiger partial charge >= 0.3 is 0 Å². The summed E-state index contributed by atoms with van der Waals surface area (Å²) < 4.78 is 0. The second-order valence-electron chi connectivity index (χ2n) is 2.25. The zero-order chi connectivity index (χ0) is 7.78. The molecular formula is C11H11. The Morgan fingerprint density at radius 3 is 2.45 bits per heavy atom. The standard InChI is InChI=1S/C11H11/c1-2-4-6-8-10-11-9-7-5-3-1/h1-4,9-11H,5,7H2/b3-1-,10-4?,11-9-. The van der Waals surface area contributed by atoms with Crippen molar-refractivity contribution < 1.29 is 0 Å². The molecule has 0 aliphatic heterocycles. The summed E-state index contributed by atoms with van der Waals surface area (Å²) in [6.45, 7) is 0. The number of hydrogen-bond donors (Lipinski definition) is 0. The van der Waals surface area contributed by atoms with Crippen LogP contribution in [0.3, 0.4) is 0 Å². The van der Waals surface area contributed by atoms with Crippen LogP contribution >= 0.6 is 0 Å². The fraction of sp³-hybridized carbons (Fsp3) is 0.182. The van der Waals surface area contributed by atoms with E-state index in [2.05, 4.69) is 23.6 Å². The maximum Gasteiger partial charge on any atom is 0.0133 e. The van der Waals surface area contributed by atoms with Crippen molar-refractivity contribution in [3.8, 4) is 0 Å². The van der Waals surface area contributed by atoms with E-state index in [1.54, 1.807) is 0 Å². The second kappa shape index (κ2) is 5.56. The fourth-order valence-electron chi connectivity index (χ4n) is 0.780. The average Bonchev–Trinajstić information content (AvgIpc) is 2.08. The maximum absolute atomic E-state index is 2.90. The van der Waals surface area contributed by atoms with Gasteiger partial charge in [-0.25, -0.2) is 0 Å². The van der Waals surface area contributed by atoms with E-state index in [1.165, 1.54) is 0 Å². The molecule has 1 radical (unpaired) electrons. The van der Waals surface area contributed by atoms with E-state index in [0.717, 1.165) is 12.8 Å². The maximum atomic E-state index is 2.90. The third-order valence-electron chi connectivity index (χ3n) is 1.33. The van der Waals surface area contributed by atoms with Crippen molar-refractivity contribution in [1.82, 2.24) is 0 Å². The lowest BCUT2D eigenvalue weighted by Gasteiger charge is -1.83. The predicted octanol–water partition coefficient (Wildman–Crippen LogP) is 2.96. The zero-order valence-corrected chi connectivity index (χ0v) is 6.46. The van der Waals surface area contributed by atoms with E-state index < -0.39 is 0 Å². The third-order valence-corrected chi connectivity index (χ3v) is 1.33. The van der Waals surface area contributed by atoms with Gasteiger partial charge in [-0.15, -0.1) is 0 Å². The van der Waals surface area contributed by atoms with E-state index in [0.29, 0.717) is 0 Å². The molecule has 0 aromatic rings. The van der Waals surface area contributed by atoms with E-state index in [-0.39, 0.29) is 0 Å². The summed E-state index contributed by atoms with van der Waals surface area (Å²) in [5.74, 6) is 0. The van der Waals surface area contributed by atoms with Gasteiger partial charge in [-0.3, -0.25) is 0 Å². The van der Waals surface area contributed by atoms with E-state index in [9.17, 15) is 0 Å². The highest BCUT2D eigenvalue weighted by Crippen LogP contribution is 1.95. The highest BCUT2D eigenvalue weighted by atomic mass is 13.8. The van der Waals surface area contributed by atoms with Crippen LogP contribution in [0, 0.1) is 6.42 Å². The van der Waals surface area contributed by atoms with Gasteiger partial charge in [0.15, 0.2) is 0 Å². The van der Waals surface area contributed by atoms with Crippen LogP contribution in [0.4, 0.5) is 0 Å². The Balaban J connectivity index is 2.65. The Labute approximate surface area is 67.9 Å². The lowest BCUT2D eigenvalue weighted by atomic mass is 10.2. The summed E-state index contributed by atoms with van der Waals surface area (Å²) >= 11 is 0. The predicted molar refractivity (Wildman–Crippen MR) is 48.0 cm³/mol. The van der Waals surface area contributed by atoms with Crippen molar-refractivity contribution in [1.29, 1.82) is 0 Å². The second-order valence-corrected chi connectivity index (χ2v) is 2.25. The van der Waals surface area contributed by atoms with Crippen LogP contribution in [0.25, 0.3) is 0 Å². The molecule has 11 heavy (non-hydrogen) atoms. The molecule has 0 bridgehead atoms. The smallest absolute Gasteiger partial charge is 0.0133 e. The molecular weight excluding hydrogens is 132 g/mol. The first kappa shape index (κ1) is 7.88. The van der Waals surface area contributed by atoms with Crippen LogP contribution in [-0.2, 0) is 0 Å². The molecule has 0 saturated carbocycles. The van der Waals surface area contributed by atoms with Gasteiger partial charge in [0.2, 0.25) is 0 Å². The zero-order valence-electron chi connectivity index (χ0n) is 6.46. The van der Waals surface area contributed by atoms with E-state index in [1.807, 2.05) is 30.7 Å². The molecule has 0 N–H and O–H groups in total. The van der Waals surface area contributed by atoms with Crippen molar-refractivity contribution in [3.63, 3.8) is 0 Å². The lowest BCUT2D eigenvalue weighted by Crippen LogP contribution is -1.64. The Morgan fingerprint density at radius 2 is 1.55 bits per heavy atom. The van der Waals surface area contributed by atoms with Crippen LogP contribution in [0.5, 0.6) is 0 Å². The Bertz CT molecular complexity index is 241. The van der Waals surface area contributed by atoms with Crippen molar-refractivity contribution >= 4 is 0 Å². The first-order valence-corrected chi connectivity index (χ1v) is 3.81. The summed E-state index contributed by atoms with van der Waals surface area (Å²) in [4.78, 5) is 0. The van der Waals surface area contributed by atoms with Crippen molar-refractivity contribution in [3.05, 3.63) is 54.3 Å². The molecule has 0 nitrogen and oxygen atoms in total. The van der Waals surface area contributed by atoms with E-state index in [4.69, 9.17) is 0 Å². The summed E-state index contributed by atoms with van der Waals surface area (Å²) in [6.07, 6.45) is 16.2. The van der Waals surface area contributed by atoms with Crippen LogP contribution in [-0.4, -0.2) is 0 Å². The first-order valence-electron chi connectivity index (χ1n) is 3.81. The monoisotopic (exact) mass is 143 g/mol. The van der Waals surface area contributed by atoms with Crippen molar-refractivity contribution in [2.45, 2.75) is 12.8 Å². The lowest BCUT2D eigenvalue weighted by molar-refractivity contribution is 1.05. The van der Waals surface area contributed by atoms with Gasteiger partial charge in [-0.1, -0.05) is 35.8 Å². The molecule has 0 atom stereocenters. The van der Waals surface area contributed by atoms with Gasteiger partial charge in [-0.2, -0.15) is 0 Å². The molecule has 1 rings (SSSR count). The summed E-state index contributed by atoms with van der Waals surface area (Å²) in [5.41, 5.74) is 5.79. The van der Waals surface area contributed by atoms with Gasteiger partial charge < -0.3 is 0 Å². The van der Waals surface area contributed by atoms with Gasteiger partial charge in [-0.05, 0) is 25.0 Å². The summed E-state index contributed by atoms with van der Waals surface area (Å²) in [6, 6.07) is 0. The molecule has 0 saturated heterocycles. The van der Waals surface area contributed by atoms with Gasteiger partial charge in [0, 0.05) is 6.42 Å². The largest absolute Gasteiger partial charge is 0.0876 e. The minimum Gasteiger partial charge on any atom is -0.0876 e. The summed E-state index contributed by atoms with van der Waals surface area (Å²) in [7, 11) is 0. The van der Waals surface area contributed by atoms with Gasteiger partial charge in [0.25, 0.3) is 0 Å². The highest BCUT2D eigenvalue weighted by Gasteiger charge is 1.75. The Hall–Kier alpha value is -1.22. The van der Waals surface area contributed by atoms with Crippen molar-refractivity contribution in [2.75, 3.05) is 0 Å². The van der Waals surface area contributed by atoms with Crippen LogP contribution in [0.2, 0.25) is 0 Å².